The lowest BCUT2D eigenvalue weighted by Gasteiger charge is -2.13. The molecule has 0 spiro atoms. The Bertz CT molecular complexity index is 1520. The summed E-state index contributed by atoms with van der Waals surface area (Å²) in [6.07, 6.45) is 1.65. The van der Waals surface area contributed by atoms with Crippen molar-refractivity contribution in [1.82, 2.24) is 4.90 Å². The molecule has 37 heavy (non-hydrogen) atoms. The Morgan fingerprint density at radius 3 is 2.51 bits per heavy atom. The summed E-state index contributed by atoms with van der Waals surface area (Å²) in [6.45, 7) is 2.15. The number of nitrogens with zero attached hydrogens (tertiary/aromatic N) is 1. The van der Waals surface area contributed by atoms with Crippen molar-refractivity contribution in [3.8, 4) is 5.75 Å². The summed E-state index contributed by atoms with van der Waals surface area (Å²) in [5.74, 6) is -0.213. The second-order valence-electron chi connectivity index (χ2n) is 8.69. The minimum Gasteiger partial charge on any atom is -0.489 e. The number of imide groups is 1. The highest BCUT2D eigenvalue weighted by molar-refractivity contribution is 8.18. The van der Waals surface area contributed by atoms with Crippen LogP contribution < -0.4 is 10.1 Å². The van der Waals surface area contributed by atoms with E-state index < -0.39 is 17.1 Å². The molecular formula is C30H24N2O4S. The van der Waals surface area contributed by atoms with Crippen LogP contribution in [0.5, 0.6) is 5.75 Å². The summed E-state index contributed by atoms with van der Waals surface area (Å²) in [7, 11) is 0. The van der Waals surface area contributed by atoms with Gasteiger partial charge >= 0.3 is 0 Å². The van der Waals surface area contributed by atoms with E-state index >= 15 is 0 Å². The first-order valence-corrected chi connectivity index (χ1v) is 12.6. The van der Waals surface area contributed by atoms with Crippen LogP contribution >= 0.6 is 11.8 Å². The van der Waals surface area contributed by atoms with E-state index in [1.807, 2.05) is 85.8 Å². The number of rotatable bonds is 7. The molecule has 184 valence electrons. The molecule has 6 nitrogen and oxygen atoms in total. The molecule has 1 N–H and O–H groups in total. The third kappa shape index (κ3) is 5.73. The lowest BCUT2D eigenvalue weighted by molar-refractivity contribution is -0.127. The van der Waals surface area contributed by atoms with Crippen molar-refractivity contribution in [2.75, 3.05) is 11.9 Å². The van der Waals surface area contributed by atoms with E-state index in [4.69, 9.17) is 4.74 Å². The van der Waals surface area contributed by atoms with Crippen LogP contribution in [0.25, 0.3) is 16.8 Å². The number of ether oxygens (including phenoxy) is 1. The summed E-state index contributed by atoms with van der Waals surface area (Å²) < 4.78 is 5.85. The molecule has 1 aliphatic heterocycles. The van der Waals surface area contributed by atoms with E-state index in [9.17, 15) is 14.4 Å². The smallest absolute Gasteiger partial charge is 0.294 e. The van der Waals surface area contributed by atoms with Gasteiger partial charge in [-0.2, -0.15) is 0 Å². The Kier molecular flexibility index (Phi) is 7.05. The largest absolute Gasteiger partial charge is 0.489 e. The third-order valence-electron chi connectivity index (χ3n) is 5.90. The summed E-state index contributed by atoms with van der Waals surface area (Å²) >= 11 is 0.828. The number of carbonyl (C=O) groups is 3. The Morgan fingerprint density at radius 1 is 0.946 bits per heavy atom. The van der Waals surface area contributed by atoms with Gasteiger partial charge in [0.25, 0.3) is 11.1 Å². The van der Waals surface area contributed by atoms with E-state index in [-0.39, 0.29) is 11.4 Å². The standard InChI is InChI=1S/C30H24N2O4S/c1-20-6-4-7-22(16-20)19-36-24-14-12-21(13-15-24)17-27-29(34)32(30(35)37-27)18-28(33)31-26-11-5-9-23-8-2-3-10-25(23)26/h2-17H,18-19H2,1H3,(H,31,33)/b27-17+. The maximum absolute atomic E-state index is 12.9. The minimum absolute atomic E-state index is 0.274. The molecule has 3 amide bonds. The predicted molar refractivity (Wildman–Crippen MR) is 147 cm³/mol. The zero-order valence-corrected chi connectivity index (χ0v) is 21.0. The van der Waals surface area contributed by atoms with Gasteiger partial charge in [0.05, 0.1) is 4.91 Å². The maximum atomic E-state index is 12.9. The van der Waals surface area contributed by atoms with Gasteiger partial charge in [-0.1, -0.05) is 78.4 Å². The summed E-state index contributed by atoms with van der Waals surface area (Å²) in [4.78, 5) is 39.3. The van der Waals surface area contributed by atoms with E-state index in [2.05, 4.69) is 11.4 Å². The first-order chi connectivity index (χ1) is 18.0. The topological polar surface area (TPSA) is 75.7 Å². The fraction of sp³-hybridized carbons (Fsp3) is 0.100. The van der Waals surface area contributed by atoms with Gasteiger partial charge in [0.1, 0.15) is 18.9 Å². The van der Waals surface area contributed by atoms with Crippen LogP contribution in [0.4, 0.5) is 10.5 Å². The number of thioether (sulfide) groups is 1. The van der Waals surface area contributed by atoms with Crippen LogP contribution in [0.2, 0.25) is 0 Å². The van der Waals surface area contributed by atoms with Gasteiger partial charge in [0, 0.05) is 11.1 Å². The summed E-state index contributed by atoms with van der Waals surface area (Å²) in [5, 5.41) is 4.23. The highest BCUT2D eigenvalue weighted by Gasteiger charge is 2.36. The summed E-state index contributed by atoms with van der Waals surface area (Å²) in [6, 6.07) is 28.7. The van der Waals surface area contributed by atoms with Crippen molar-refractivity contribution < 1.29 is 19.1 Å². The summed E-state index contributed by atoms with van der Waals surface area (Å²) in [5.41, 5.74) is 3.66. The molecule has 4 aromatic carbocycles. The van der Waals surface area contributed by atoms with Gasteiger partial charge in [-0.25, -0.2) is 0 Å². The molecule has 4 aromatic rings. The molecule has 1 saturated heterocycles. The quantitative estimate of drug-likeness (QED) is 0.292. The van der Waals surface area contributed by atoms with Crippen LogP contribution in [0, 0.1) is 6.92 Å². The Balaban J connectivity index is 1.21. The van der Waals surface area contributed by atoms with Crippen LogP contribution in [0.1, 0.15) is 16.7 Å². The van der Waals surface area contributed by atoms with Gasteiger partial charge < -0.3 is 10.1 Å². The van der Waals surface area contributed by atoms with Crippen molar-refractivity contribution in [2.24, 2.45) is 0 Å². The van der Waals surface area contributed by atoms with E-state index in [1.165, 1.54) is 5.56 Å². The van der Waals surface area contributed by atoms with E-state index in [0.29, 0.717) is 18.0 Å². The first kappa shape index (κ1) is 24.3. The zero-order chi connectivity index (χ0) is 25.8. The van der Waals surface area contributed by atoms with Crippen molar-refractivity contribution in [3.63, 3.8) is 0 Å². The van der Waals surface area contributed by atoms with Crippen molar-refractivity contribution >= 4 is 51.4 Å². The van der Waals surface area contributed by atoms with Crippen LogP contribution in [0.15, 0.2) is 95.9 Å². The fourth-order valence-corrected chi connectivity index (χ4v) is 4.92. The van der Waals surface area contributed by atoms with Crippen molar-refractivity contribution in [1.29, 1.82) is 0 Å². The van der Waals surface area contributed by atoms with Crippen LogP contribution in [-0.2, 0) is 16.2 Å². The SMILES string of the molecule is Cc1cccc(COc2ccc(/C=C3/SC(=O)N(CC(=O)Nc4cccc5ccccc45)C3=O)cc2)c1. The van der Waals surface area contributed by atoms with Crippen molar-refractivity contribution in [2.45, 2.75) is 13.5 Å². The number of nitrogens with one attached hydrogen (secondary N) is 1. The molecule has 5 rings (SSSR count). The Labute approximate surface area is 218 Å². The number of benzene rings is 4. The van der Waals surface area contributed by atoms with Gasteiger partial charge in [0.15, 0.2) is 0 Å². The van der Waals surface area contributed by atoms with Gasteiger partial charge in [0.2, 0.25) is 5.91 Å². The molecule has 0 radical (unpaired) electrons. The second kappa shape index (κ2) is 10.7. The van der Waals surface area contributed by atoms with Gasteiger partial charge in [-0.15, -0.1) is 0 Å². The monoisotopic (exact) mass is 508 g/mol. The third-order valence-corrected chi connectivity index (χ3v) is 6.81. The molecule has 1 fully saturated rings. The van der Waals surface area contributed by atoms with Gasteiger partial charge in [-0.05, 0) is 59.5 Å². The number of anilines is 1. The average molecular weight is 509 g/mol. The molecule has 0 unspecified atom stereocenters. The lowest BCUT2D eigenvalue weighted by atomic mass is 10.1. The molecule has 0 saturated carbocycles. The number of carbonyl (C=O) groups excluding carboxylic acids is 3. The predicted octanol–water partition coefficient (Wildman–Crippen LogP) is 6.40. The number of amides is 3. The number of fused-ring (bicyclic) bond motifs is 1. The minimum atomic E-state index is -0.483. The fourth-order valence-electron chi connectivity index (χ4n) is 4.08. The first-order valence-electron chi connectivity index (χ1n) is 11.8. The molecular weight excluding hydrogens is 484 g/mol. The van der Waals surface area contributed by atoms with Crippen molar-refractivity contribution in [3.05, 3.63) is 113 Å². The zero-order valence-electron chi connectivity index (χ0n) is 20.1. The van der Waals surface area contributed by atoms with E-state index in [0.717, 1.165) is 38.6 Å². The highest BCUT2D eigenvalue weighted by Crippen LogP contribution is 2.32. The number of hydrogen-bond donors (Lipinski definition) is 1. The average Bonchev–Trinajstić information content (AvgIpc) is 3.16. The Hall–Kier alpha value is -4.36. The molecule has 7 heteroatoms. The number of hydrogen-bond acceptors (Lipinski definition) is 5. The Morgan fingerprint density at radius 2 is 1.70 bits per heavy atom. The van der Waals surface area contributed by atoms with Crippen LogP contribution in [-0.4, -0.2) is 28.5 Å². The van der Waals surface area contributed by atoms with Crippen LogP contribution in [0.3, 0.4) is 0 Å². The molecule has 0 atom stereocenters. The molecule has 1 aliphatic rings. The second-order valence-corrected chi connectivity index (χ2v) is 9.68. The maximum Gasteiger partial charge on any atom is 0.294 e. The van der Waals surface area contributed by atoms with E-state index in [1.54, 1.807) is 12.1 Å². The number of aryl methyl sites for hydroxylation is 1. The normalized spacial score (nSPS) is 14.4. The molecule has 0 aromatic heterocycles. The molecule has 0 aliphatic carbocycles. The molecule has 1 heterocycles. The highest BCUT2D eigenvalue weighted by atomic mass is 32.2. The molecule has 0 bridgehead atoms. The van der Waals surface area contributed by atoms with Gasteiger partial charge in [-0.3, -0.25) is 19.3 Å². The lowest BCUT2D eigenvalue weighted by Crippen LogP contribution is -2.36.